The van der Waals surface area contributed by atoms with E-state index in [4.69, 9.17) is 9.47 Å². The van der Waals surface area contributed by atoms with Crippen molar-refractivity contribution in [3.63, 3.8) is 0 Å². The average Bonchev–Trinajstić information content (AvgIpc) is 2.81. The maximum absolute atomic E-state index is 14.3. The highest BCUT2D eigenvalue weighted by Gasteiger charge is 2.13. The van der Waals surface area contributed by atoms with E-state index in [1.54, 1.807) is 62.8 Å². The van der Waals surface area contributed by atoms with Crippen LogP contribution >= 0.6 is 0 Å². The van der Waals surface area contributed by atoms with Crippen molar-refractivity contribution >= 4 is 34.0 Å². The summed E-state index contributed by atoms with van der Waals surface area (Å²) < 4.78 is 25.0. The first kappa shape index (κ1) is 20.1. The zero-order valence-corrected chi connectivity index (χ0v) is 16.8. The summed E-state index contributed by atoms with van der Waals surface area (Å²) in [5, 5.41) is 6.44. The molecule has 0 saturated heterocycles. The number of methoxy groups -OCH3 is 2. The van der Waals surface area contributed by atoms with Crippen molar-refractivity contribution in [3.05, 3.63) is 78.4 Å². The maximum atomic E-state index is 14.3. The molecule has 0 aliphatic rings. The van der Waals surface area contributed by atoms with Crippen molar-refractivity contribution in [2.75, 3.05) is 24.9 Å². The first-order valence-electron chi connectivity index (χ1n) is 9.38. The van der Waals surface area contributed by atoms with E-state index in [1.807, 2.05) is 0 Å². The van der Waals surface area contributed by atoms with Crippen LogP contribution in [0.5, 0.6) is 11.5 Å². The number of fused-ring (bicyclic) bond motifs is 1. The second-order valence-corrected chi connectivity index (χ2v) is 6.59. The van der Waals surface area contributed by atoms with Crippen molar-refractivity contribution in [2.24, 2.45) is 0 Å². The predicted octanol–water partition coefficient (Wildman–Crippen LogP) is 4.78. The summed E-state index contributed by atoms with van der Waals surface area (Å²) in [7, 11) is 3.09. The third-order valence-corrected chi connectivity index (χ3v) is 4.65. The lowest BCUT2D eigenvalue weighted by Gasteiger charge is -2.13. The van der Waals surface area contributed by atoms with Gasteiger partial charge in [0.25, 0.3) is 5.91 Å². The number of carbonyl (C=O) groups excluding carboxylic acids is 1. The Hall–Kier alpha value is -4.20. The predicted molar refractivity (Wildman–Crippen MR) is 117 cm³/mol. The number of benzene rings is 3. The SMILES string of the molecule is COc1cc2ncnc(Nc3ccc(F)c(NC(=O)c4ccccc4)c3)c2cc1OC. The quantitative estimate of drug-likeness (QED) is 0.469. The van der Waals surface area contributed by atoms with Crippen LogP contribution in [0.4, 0.5) is 21.6 Å². The number of hydrogen-bond acceptors (Lipinski definition) is 6. The van der Waals surface area contributed by atoms with Gasteiger partial charge in [0, 0.05) is 22.7 Å². The van der Waals surface area contributed by atoms with Crippen LogP contribution in [0.25, 0.3) is 10.9 Å². The van der Waals surface area contributed by atoms with Crippen LogP contribution in [0, 0.1) is 5.82 Å². The van der Waals surface area contributed by atoms with E-state index in [1.165, 1.54) is 18.5 Å². The smallest absolute Gasteiger partial charge is 0.255 e. The van der Waals surface area contributed by atoms with Crippen LogP contribution in [0.3, 0.4) is 0 Å². The highest BCUT2D eigenvalue weighted by molar-refractivity contribution is 6.04. The molecule has 7 nitrogen and oxygen atoms in total. The molecule has 1 amide bonds. The number of nitrogens with zero attached hydrogens (tertiary/aromatic N) is 2. The first-order valence-corrected chi connectivity index (χ1v) is 9.38. The molecule has 0 spiro atoms. The van der Waals surface area contributed by atoms with E-state index in [-0.39, 0.29) is 5.69 Å². The van der Waals surface area contributed by atoms with Crippen LogP contribution in [0.15, 0.2) is 67.0 Å². The molecule has 2 N–H and O–H groups in total. The lowest BCUT2D eigenvalue weighted by Crippen LogP contribution is -2.13. The number of rotatable bonds is 6. The molecule has 0 atom stereocenters. The van der Waals surface area contributed by atoms with Gasteiger partial charge in [-0.25, -0.2) is 14.4 Å². The lowest BCUT2D eigenvalue weighted by atomic mass is 10.2. The van der Waals surface area contributed by atoms with Crippen molar-refractivity contribution in [3.8, 4) is 11.5 Å². The second kappa shape index (κ2) is 8.66. The second-order valence-electron chi connectivity index (χ2n) is 6.59. The largest absolute Gasteiger partial charge is 0.493 e. The highest BCUT2D eigenvalue weighted by atomic mass is 19.1. The van der Waals surface area contributed by atoms with Gasteiger partial charge in [-0.15, -0.1) is 0 Å². The molecule has 8 heteroatoms. The molecular formula is C23H19FN4O3. The van der Waals surface area contributed by atoms with E-state index >= 15 is 0 Å². The minimum atomic E-state index is -0.547. The standard InChI is InChI=1S/C23H19FN4O3/c1-30-20-11-16-18(12-21(20)31-2)25-13-26-22(16)27-15-8-9-17(24)19(10-15)28-23(29)14-6-4-3-5-7-14/h3-13H,1-2H3,(H,28,29)(H,25,26,27). The number of hydrogen-bond donors (Lipinski definition) is 2. The Kier molecular flexibility index (Phi) is 5.61. The fourth-order valence-electron chi connectivity index (χ4n) is 3.10. The molecule has 4 rings (SSSR count). The van der Waals surface area contributed by atoms with Gasteiger partial charge in [-0.1, -0.05) is 18.2 Å². The van der Waals surface area contributed by atoms with Crippen LogP contribution in [0.1, 0.15) is 10.4 Å². The highest BCUT2D eigenvalue weighted by Crippen LogP contribution is 2.34. The van der Waals surface area contributed by atoms with Crippen LogP contribution < -0.4 is 20.1 Å². The number of halogens is 1. The first-order chi connectivity index (χ1) is 15.1. The summed E-state index contributed by atoms with van der Waals surface area (Å²) in [4.78, 5) is 21.0. The summed E-state index contributed by atoms with van der Waals surface area (Å²) in [5.74, 6) is 0.628. The topological polar surface area (TPSA) is 85.4 Å². The average molecular weight is 418 g/mol. The number of ether oxygens (including phenoxy) is 2. The Balaban J connectivity index is 1.65. The van der Waals surface area contributed by atoms with Gasteiger partial charge in [0.2, 0.25) is 0 Å². The summed E-state index contributed by atoms with van der Waals surface area (Å²) in [6, 6.07) is 16.4. The number of nitrogens with one attached hydrogen (secondary N) is 2. The minimum absolute atomic E-state index is 0.0523. The third kappa shape index (κ3) is 4.23. The van der Waals surface area contributed by atoms with Crippen LogP contribution in [0.2, 0.25) is 0 Å². The fraction of sp³-hybridized carbons (Fsp3) is 0.0870. The summed E-state index contributed by atoms with van der Waals surface area (Å²) in [5.41, 5.74) is 1.67. The Labute approximate surface area is 177 Å². The molecule has 1 aromatic heterocycles. The molecule has 0 saturated carbocycles. The number of carbonyl (C=O) groups is 1. The molecule has 0 radical (unpaired) electrons. The summed E-state index contributed by atoms with van der Waals surface area (Å²) in [6.07, 6.45) is 1.41. The number of anilines is 3. The Bertz CT molecular complexity index is 1250. The van der Waals surface area contributed by atoms with Gasteiger partial charge < -0.3 is 20.1 Å². The van der Waals surface area contributed by atoms with E-state index in [0.29, 0.717) is 39.5 Å². The van der Waals surface area contributed by atoms with Crippen molar-refractivity contribution in [1.29, 1.82) is 0 Å². The molecule has 156 valence electrons. The van der Waals surface area contributed by atoms with Gasteiger partial charge in [-0.2, -0.15) is 0 Å². The van der Waals surface area contributed by atoms with Crippen molar-refractivity contribution in [2.45, 2.75) is 0 Å². The molecule has 0 unspecified atom stereocenters. The molecule has 0 aliphatic heterocycles. The Morgan fingerprint density at radius 3 is 2.42 bits per heavy atom. The maximum Gasteiger partial charge on any atom is 0.255 e. The molecule has 31 heavy (non-hydrogen) atoms. The Morgan fingerprint density at radius 2 is 1.68 bits per heavy atom. The molecule has 1 heterocycles. The van der Waals surface area contributed by atoms with Crippen molar-refractivity contribution < 1.29 is 18.7 Å². The van der Waals surface area contributed by atoms with Gasteiger partial charge in [0.05, 0.1) is 25.4 Å². The monoisotopic (exact) mass is 418 g/mol. The molecule has 3 aromatic carbocycles. The minimum Gasteiger partial charge on any atom is -0.493 e. The zero-order valence-electron chi connectivity index (χ0n) is 16.8. The van der Waals surface area contributed by atoms with E-state index < -0.39 is 11.7 Å². The van der Waals surface area contributed by atoms with Gasteiger partial charge >= 0.3 is 0 Å². The number of aromatic nitrogens is 2. The van der Waals surface area contributed by atoms with E-state index in [2.05, 4.69) is 20.6 Å². The van der Waals surface area contributed by atoms with Gasteiger partial charge in [-0.05, 0) is 36.4 Å². The van der Waals surface area contributed by atoms with E-state index in [9.17, 15) is 9.18 Å². The molecular weight excluding hydrogens is 399 g/mol. The van der Waals surface area contributed by atoms with Gasteiger partial charge in [0.15, 0.2) is 11.5 Å². The molecule has 0 fully saturated rings. The van der Waals surface area contributed by atoms with Gasteiger partial charge in [-0.3, -0.25) is 4.79 Å². The molecule has 0 aliphatic carbocycles. The third-order valence-electron chi connectivity index (χ3n) is 4.65. The number of amides is 1. The zero-order chi connectivity index (χ0) is 21.8. The lowest BCUT2D eigenvalue weighted by molar-refractivity contribution is 0.102. The van der Waals surface area contributed by atoms with Crippen molar-refractivity contribution in [1.82, 2.24) is 9.97 Å². The Morgan fingerprint density at radius 1 is 0.935 bits per heavy atom. The van der Waals surface area contributed by atoms with Crippen LogP contribution in [-0.2, 0) is 0 Å². The summed E-state index contributed by atoms with van der Waals surface area (Å²) >= 11 is 0. The van der Waals surface area contributed by atoms with Gasteiger partial charge in [0.1, 0.15) is 18.0 Å². The molecule has 0 bridgehead atoms. The van der Waals surface area contributed by atoms with E-state index in [0.717, 1.165) is 0 Å². The van der Waals surface area contributed by atoms with Crippen LogP contribution in [-0.4, -0.2) is 30.1 Å². The fourth-order valence-corrected chi connectivity index (χ4v) is 3.10. The summed E-state index contributed by atoms with van der Waals surface area (Å²) in [6.45, 7) is 0. The normalized spacial score (nSPS) is 10.5. The molecule has 4 aromatic rings.